The van der Waals surface area contributed by atoms with Gasteiger partial charge in [-0.2, -0.15) is 0 Å². The standard InChI is InChI=1S/C12H20OSi/c1-3-4-10-14(2)13-11-12-8-6-5-7-9-12/h5-9,14H,3-4,10-11H2,1-2H3. The van der Waals surface area contributed by atoms with Crippen LogP contribution in [-0.4, -0.2) is 9.04 Å². The first-order valence-electron chi connectivity index (χ1n) is 5.48. The van der Waals surface area contributed by atoms with Gasteiger partial charge in [0.2, 0.25) is 0 Å². The molecule has 1 atom stereocenters. The summed E-state index contributed by atoms with van der Waals surface area (Å²) in [4.78, 5) is 0. The Labute approximate surface area is 88.8 Å². The van der Waals surface area contributed by atoms with E-state index in [2.05, 4.69) is 37.7 Å². The fourth-order valence-corrected chi connectivity index (χ4v) is 3.01. The Morgan fingerprint density at radius 3 is 2.57 bits per heavy atom. The minimum Gasteiger partial charge on any atom is -0.416 e. The first kappa shape index (κ1) is 11.5. The first-order valence-corrected chi connectivity index (χ1v) is 7.92. The van der Waals surface area contributed by atoms with E-state index in [-0.39, 0.29) is 0 Å². The lowest BCUT2D eigenvalue weighted by Crippen LogP contribution is -2.12. The fourth-order valence-electron chi connectivity index (χ4n) is 1.39. The van der Waals surface area contributed by atoms with Gasteiger partial charge in [0.1, 0.15) is 0 Å². The molecule has 0 heterocycles. The molecule has 0 aliphatic heterocycles. The van der Waals surface area contributed by atoms with Crippen molar-refractivity contribution in [3.63, 3.8) is 0 Å². The van der Waals surface area contributed by atoms with Crippen LogP contribution in [0.25, 0.3) is 0 Å². The molecule has 0 saturated carbocycles. The third-order valence-corrected chi connectivity index (χ3v) is 4.30. The Bertz CT molecular complexity index is 235. The molecule has 0 radical (unpaired) electrons. The van der Waals surface area contributed by atoms with Gasteiger partial charge in [0.15, 0.2) is 9.04 Å². The maximum atomic E-state index is 5.87. The Morgan fingerprint density at radius 1 is 1.21 bits per heavy atom. The predicted molar refractivity (Wildman–Crippen MR) is 64.0 cm³/mol. The number of rotatable bonds is 6. The lowest BCUT2D eigenvalue weighted by Gasteiger charge is -2.10. The second-order valence-electron chi connectivity index (χ2n) is 3.75. The second kappa shape index (κ2) is 6.79. The van der Waals surface area contributed by atoms with Gasteiger partial charge in [0.05, 0.1) is 6.61 Å². The van der Waals surface area contributed by atoms with E-state index in [0.717, 1.165) is 6.61 Å². The fraction of sp³-hybridized carbons (Fsp3) is 0.500. The van der Waals surface area contributed by atoms with Crippen LogP contribution in [0, 0.1) is 0 Å². The minimum absolute atomic E-state index is 0.804. The number of hydrogen-bond donors (Lipinski definition) is 0. The van der Waals surface area contributed by atoms with Crippen LogP contribution in [0.3, 0.4) is 0 Å². The average Bonchev–Trinajstić information content (AvgIpc) is 2.25. The van der Waals surface area contributed by atoms with Crippen LogP contribution in [0.15, 0.2) is 30.3 Å². The highest BCUT2D eigenvalue weighted by atomic mass is 28.3. The Hall–Kier alpha value is -0.603. The quantitative estimate of drug-likeness (QED) is 0.651. The molecule has 0 amide bonds. The summed E-state index contributed by atoms with van der Waals surface area (Å²) in [7, 11) is -0.890. The van der Waals surface area contributed by atoms with Gasteiger partial charge in [-0.15, -0.1) is 0 Å². The van der Waals surface area contributed by atoms with Gasteiger partial charge in [0, 0.05) is 0 Å². The van der Waals surface area contributed by atoms with E-state index < -0.39 is 9.04 Å². The molecule has 0 bridgehead atoms. The van der Waals surface area contributed by atoms with Crippen molar-refractivity contribution >= 4 is 9.04 Å². The van der Waals surface area contributed by atoms with Crippen LogP contribution in [0.5, 0.6) is 0 Å². The summed E-state index contributed by atoms with van der Waals surface area (Å²) in [5, 5.41) is 0. The van der Waals surface area contributed by atoms with Crippen molar-refractivity contribution < 1.29 is 4.43 Å². The average molecular weight is 208 g/mol. The summed E-state index contributed by atoms with van der Waals surface area (Å²) in [6.07, 6.45) is 2.61. The lowest BCUT2D eigenvalue weighted by atomic mass is 10.2. The summed E-state index contributed by atoms with van der Waals surface area (Å²) >= 11 is 0. The zero-order valence-electron chi connectivity index (χ0n) is 9.20. The van der Waals surface area contributed by atoms with Crippen molar-refractivity contribution in [2.45, 2.75) is 39.0 Å². The zero-order chi connectivity index (χ0) is 10.2. The van der Waals surface area contributed by atoms with E-state index in [1.807, 2.05) is 6.07 Å². The number of benzene rings is 1. The van der Waals surface area contributed by atoms with Crippen LogP contribution >= 0.6 is 0 Å². The zero-order valence-corrected chi connectivity index (χ0v) is 10.4. The SMILES string of the molecule is CCCC[SiH](C)OCc1ccccc1. The highest BCUT2D eigenvalue weighted by Gasteiger charge is 2.03. The maximum Gasteiger partial charge on any atom is 0.174 e. The predicted octanol–water partition coefficient (Wildman–Crippen LogP) is 3.36. The van der Waals surface area contributed by atoms with Crippen molar-refractivity contribution in [1.82, 2.24) is 0 Å². The van der Waals surface area contributed by atoms with Gasteiger partial charge in [-0.05, 0) is 18.2 Å². The monoisotopic (exact) mass is 208 g/mol. The molecule has 1 aromatic carbocycles. The Morgan fingerprint density at radius 2 is 1.93 bits per heavy atom. The molecule has 1 unspecified atom stereocenters. The third-order valence-electron chi connectivity index (χ3n) is 2.34. The molecule has 1 aromatic rings. The summed E-state index contributed by atoms with van der Waals surface area (Å²) in [5.74, 6) is 0. The highest BCUT2D eigenvalue weighted by molar-refractivity contribution is 6.50. The number of hydrogen-bond acceptors (Lipinski definition) is 1. The van der Waals surface area contributed by atoms with Gasteiger partial charge < -0.3 is 4.43 Å². The van der Waals surface area contributed by atoms with Crippen molar-refractivity contribution in [1.29, 1.82) is 0 Å². The van der Waals surface area contributed by atoms with Crippen LogP contribution in [0.2, 0.25) is 12.6 Å². The topological polar surface area (TPSA) is 9.23 Å². The van der Waals surface area contributed by atoms with Crippen molar-refractivity contribution in [3.8, 4) is 0 Å². The van der Waals surface area contributed by atoms with E-state index in [1.54, 1.807) is 0 Å². The van der Waals surface area contributed by atoms with E-state index in [1.165, 1.54) is 24.4 Å². The summed E-state index contributed by atoms with van der Waals surface area (Å²) in [5.41, 5.74) is 1.29. The molecule has 0 aliphatic carbocycles. The lowest BCUT2D eigenvalue weighted by molar-refractivity contribution is 0.309. The Kier molecular flexibility index (Phi) is 5.57. The molecule has 0 aliphatic rings. The van der Waals surface area contributed by atoms with Gasteiger partial charge in [-0.25, -0.2) is 0 Å². The maximum absolute atomic E-state index is 5.87. The largest absolute Gasteiger partial charge is 0.416 e. The molecule has 78 valence electrons. The second-order valence-corrected chi connectivity index (χ2v) is 6.28. The van der Waals surface area contributed by atoms with Gasteiger partial charge in [0.25, 0.3) is 0 Å². The summed E-state index contributed by atoms with van der Waals surface area (Å²) in [6.45, 7) is 5.33. The van der Waals surface area contributed by atoms with Gasteiger partial charge >= 0.3 is 0 Å². The van der Waals surface area contributed by atoms with E-state index in [4.69, 9.17) is 4.43 Å². The summed E-state index contributed by atoms with van der Waals surface area (Å²) < 4.78 is 5.87. The van der Waals surface area contributed by atoms with Crippen molar-refractivity contribution in [2.24, 2.45) is 0 Å². The van der Waals surface area contributed by atoms with Crippen LogP contribution in [-0.2, 0) is 11.0 Å². The van der Waals surface area contributed by atoms with Gasteiger partial charge in [-0.3, -0.25) is 0 Å². The molecular weight excluding hydrogens is 188 g/mol. The van der Waals surface area contributed by atoms with Crippen molar-refractivity contribution in [3.05, 3.63) is 35.9 Å². The van der Waals surface area contributed by atoms with E-state index >= 15 is 0 Å². The highest BCUT2D eigenvalue weighted by Crippen LogP contribution is 2.06. The number of unbranched alkanes of at least 4 members (excludes halogenated alkanes) is 1. The molecule has 2 heteroatoms. The summed E-state index contributed by atoms with van der Waals surface area (Å²) in [6, 6.07) is 11.7. The molecule has 0 saturated heterocycles. The van der Waals surface area contributed by atoms with Gasteiger partial charge in [-0.1, -0.05) is 50.1 Å². The van der Waals surface area contributed by atoms with Crippen molar-refractivity contribution in [2.75, 3.05) is 0 Å². The molecule has 0 aromatic heterocycles. The molecular formula is C12H20OSi. The van der Waals surface area contributed by atoms with Crippen LogP contribution < -0.4 is 0 Å². The smallest absolute Gasteiger partial charge is 0.174 e. The third kappa shape index (κ3) is 4.58. The minimum atomic E-state index is -0.890. The van der Waals surface area contributed by atoms with Crippen LogP contribution in [0.1, 0.15) is 25.3 Å². The normalized spacial score (nSPS) is 12.7. The molecule has 0 fully saturated rings. The van der Waals surface area contributed by atoms with E-state index in [0.29, 0.717) is 0 Å². The molecule has 1 nitrogen and oxygen atoms in total. The van der Waals surface area contributed by atoms with Crippen LogP contribution in [0.4, 0.5) is 0 Å². The first-order chi connectivity index (χ1) is 6.83. The van der Waals surface area contributed by atoms with E-state index in [9.17, 15) is 0 Å². The molecule has 0 N–H and O–H groups in total. The Balaban J connectivity index is 2.20. The molecule has 14 heavy (non-hydrogen) atoms. The molecule has 0 spiro atoms. The molecule has 1 rings (SSSR count).